The number of amides is 3. The topological polar surface area (TPSA) is 135 Å². The van der Waals surface area contributed by atoms with Crippen LogP contribution < -0.4 is 9.47 Å². The number of hydrazine groups is 1. The molecule has 0 saturated carbocycles. The van der Waals surface area contributed by atoms with Crippen molar-refractivity contribution >= 4 is 29.4 Å². The van der Waals surface area contributed by atoms with Crippen LogP contribution in [-0.2, 0) is 35.1 Å². The number of aliphatic hydroxyl groups is 1. The number of nitrogens with zero attached hydrogens (tertiary/aromatic N) is 3. The van der Waals surface area contributed by atoms with Gasteiger partial charge in [-0.3, -0.25) is 14.4 Å². The van der Waals surface area contributed by atoms with E-state index in [4.69, 9.17) is 18.9 Å². The van der Waals surface area contributed by atoms with Crippen LogP contribution in [0.4, 0.5) is 0 Å². The molecule has 0 bridgehead atoms. The number of benzene rings is 2. The van der Waals surface area contributed by atoms with Gasteiger partial charge in [-0.2, -0.15) is 0 Å². The van der Waals surface area contributed by atoms with Crippen molar-refractivity contribution in [2.24, 2.45) is 5.92 Å². The molecule has 12 heteroatoms. The van der Waals surface area contributed by atoms with Gasteiger partial charge in [0.2, 0.25) is 5.91 Å². The van der Waals surface area contributed by atoms with Gasteiger partial charge in [0.05, 0.1) is 32.1 Å². The number of carbonyl (C=O) groups excluding carboxylic acids is 4. The van der Waals surface area contributed by atoms with Gasteiger partial charge in [-0.1, -0.05) is 44.2 Å². The minimum Gasteiger partial charge on any atom is -0.493 e. The second-order valence-electron chi connectivity index (χ2n) is 11.2. The van der Waals surface area contributed by atoms with Crippen molar-refractivity contribution < 1.29 is 43.2 Å². The zero-order chi connectivity index (χ0) is 33.4. The minimum atomic E-state index is -1.83. The highest BCUT2D eigenvalue weighted by Gasteiger charge is 2.47. The van der Waals surface area contributed by atoms with E-state index in [-0.39, 0.29) is 18.7 Å². The van der Waals surface area contributed by atoms with Gasteiger partial charge in [0.1, 0.15) is 12.6 Å². The molecule has 1 aliphatic heterocycles. The number of aliphatic hydroxyl groups excluding tert-OH is 1. The van der Waals surface area contributed by atoms with Crippen LogP contribution in [0, 0.1) is 5.92 Å². The summed E-state index contributed by atoms with van der Waals surface area (Å²) in [6, 6.07) is 11.5. The van der Waals surface area contributed by atoms with E-state index in [0.29, 0.717) is 22.6 Å². The molecular formula is C33H43N3O9. The van der Waals surface area contributed by atoms with Crippen molar-refractivity contribution in [1.82, 2.24) is 14.9 Å². The lowest BCUT2D eigenvalue weighted by Gasteiger charge is -2.47. The molecule has 0 aliphatic carbocycles. The molecule has 0 fully saturated rings. The molecule has 1 N–H and O–H groups in total. The first-order chi connectivity index (χ1) is 21.4. The third kappa shape index (κ3) is 8.00. The monoisotopic (exact) mass is 625 g/mol. The Kier molecular flexibility index (Phi) is 12.1. The first kappa shape index (κ1) is 35.1. The fourth-order valence-corrected chi connectivity index (χ4v) is 5.25. The fraction of sp³-hybridized carbons (Fsp3) is 0.455. The predicted octanol–water partition coefficient (Wildman–Crippen LogP) is 3.03. The third-order valence-corrected chi connectivity index (χ3v) is 7.22. The number of methoxy groups -OCH3 is 3. The minimum absolute atomic E-state index is 0.00353. The Hall–Kier alpha value is -4.42. The highest BCUT2D eigenvalue weighted by Crippen LogP contribution is 2.37. The second kappa shape index (κ2) is 15.5. The van der Waals surface area contributed by atoms with Gasteiger partial charge in [-0.05, 0) is 49.9 Å². The molecule has 3 amide bonds. The lowest BCUT2D eigenvalue weighted by molar-refractivity contribution is -0.178. The number of ether oxygens (including phenoxy) is 4. The first-order valence-electron chi connectivity index (χ1n) is 14.7. The van der Waals surface area contributed by atoms with Crippen molar-refractivity contribution in [2.75, 3.05) is 27.9 Å². The zero-order valence-corrected chi connectivity index (χ0v) is 27.1. The summed E-state index contributed by atoms with van der Waals surface area (Å²) in [5.41, 5.74) is 1.21. The van der Waals surface area contributed by atoms with Crippen LogP contribution >= 0.6 is 0 Å². The molecule has 1 heterocycles. The lowest BCUT2D eigenvalue weighted by Crippen LogP contribution is -2.65. The van der Waals surface area contributed by atoms with Crippen LogP contribution in [0.25, 0.3) is 5.70 Å². The summed E-state index contributed by atoms with van der Waals surface area (Å²) in [6.45, 7) is 7.79. The van der Waals surface area contributed by atoms with Crippen LogP contribution in [0.3, 0.4) is 0 Å². The molecule has 2 unspecified atom stereocenters. The fourth-order valence-electron chi connectivity index (χ4n) is 5.25. The Morgan fingerprint density at radius 3 is 2.13 bits per heavy atom. The Bertz CT molecular complexity index is 1390. The van der Waals surface area contributed by atoms with Crippen molar-refractivity contribution in [1.29, 1.82) is 0 Å². The molecule has 2 aromatic carbocycles. The molecule has 3 atom stereocenters. The average molecular weight is 626 g/mol. The zero-order valence-electron chi connectivity index (χ0n) is 27.1. The van der Waals surface area contributed by atoms with E-state index in [0.717, 1.165) is 10.0 Å². The largest absolute Gasteiger partial charge is 0.493 e. The maximum Gasteiger partial charge on any atom is 0.337 e. The first-order valence-corrected chi connectivity index (χ1v) is 14.7. The molecule has 1 aliphatic rings. The molecule has 45 heavy (non-hydrogen) atoms. The van der Waals surface area contributed by atoms with Crippen molar-refractivity contribution in [3.05, 3.63) is 65.9 Å². The molecule has 2 aromatic rings. The van der Waals surface area contributed by atoms with Crippen LogP contribution in [-0.4, -0.2) is 95.9 Å². The van der Waals surface area contributed by atoms with E-state index in [1.807, 2.05) is 6.07 Å². The molecule has 244 valence electrons. The van der Waals surface area contributed by atoms with Crippen molar-refractivity contribution in [2.45, 2.75) is 65.3 Å². The summed E-state index contributed by atoms with van der Waals surface area (Å²) in [5, 5.41) is 13.7. The van der Waals surface area contributed by atoms with E-state index < -0.39 is 53.9 Å². The number of rotatable bonds is 13. The molecule has 12 nitrogen and oxygen atoms in total. The van der Waals surface area contributed by atoms with Gasteiger partial charge in [0, 0.05) is 25.8 Å². The highest BCUT2D eigenvalue weighted by molar-refractivity contribution is 5.99. The van der Waals surface area contributed by atoms with E-state index in [2.05, 4.69) is 0 Å². The summed E-state index contributed by atoms with van der Waals surface area (Å²) < 4.78 is 21.3. The molecular weight excluding hydrogens is 582 g/mol. The van der Waals surface area contributed by atoms with E-state index >= 15 is 0 Å². The molecule has 0 spiro atoms. The molecule has 0 radical (unpaired) electrons. The van der Waals surface area contributed by atoms with E-state index in [1.54, 1.807) is 70.2 Å². The van der Waals surface area contributed by atoms with Gasteiger partial charge in [0.15, 0.2) is 17.6 Å². The summed E-state index contributed by atoms with van der Waals surface area (Å²) in [7, 11) is 4.31. The van der Waals surface area contributed by atoms with Gasteiger partial charge in [0.25, 0.3) is 11.8 Å². The van der Waals surface area contributed by atoms with Gasteiger partial charge >= 0.3 is 5.97 Å². The van der Waals surface area contributed by atoms with Crippen LogP contribution in [0.5, 0.6) is 11.5 Å². The summed E-state index contributed by atoms with van der Waals surface area (Å²) >= 11 is 0. The van der Waals surface area contributed by atoms with Crippen LogP contribution in [0.2, 0.25) is 0 Å². The Balaban J connectivity index is 2.33. The van der Waals surface area contributed by atoms with Gasteiger partial charge < -0.3 is 29.0 Å². The third-order valence-electron chi connectivity index (χ3n) is 7.22. The second-order valence-corrected chi connectivity index (χ2v) is 11.2. The van der Waals surface area contributed by atoms with Crippen molar-refractivity contribution in [3.63, 3.8) is 0 Å². The average Bonchev–Trinajstić information content (AvgIpc) is 3.00. The quantitative estimate of drug-likeness (QED) is 0.333. The summed E-state index contributed by atoms with van der Waals surface area (Å²) in [6.07, 6.45) is -0.902. The van der Waals surface area contributed by atoms with Crippen LogP contribution in [0.1, 0.15) is 45.7 Å². The standard InChI is InChI=1S/C33H43N3O9/c1-20(2)30-32(40)36(26(18-34(30)29(38)19-42-6)24-14-15-27(43-7)28(17-24)44-8)35(22(5)37)25(16-23-12-10-9-11-13-23)31(39)33(41)45-21(3)4/h9-15,17-18,20-21,25,30-31,39H,16,19H2,1-8H3/t25-,30?,31?/m0/s1. The van der Waals surface area contributed by atoms with E-state index in [9.17, 15) is 24.3 Å². The normalized spacial score (nSPS) is 16.3. The van der Waals surface area contributed by atoms with Crippen molar-refractivity contribution in [3.8, 4) is 11.5 Å². The molecule has 0 saturated heterocycles. The highest BCUT2D eigenvalue weighted by atomic mass is 16.6. The SMILES string of the molecule is COCC(=O)N1C=C(c2ccc(OC)c(OC)c2)N(N(C(C)=O)[C@@H](Cc2ccccc2)C(O)C(=O)OC(C)C)C(=O)C1C(C)C. The lowest BCUT2D eigenvalue weighted by atomic mass is 9.96. The van der Waals surface area contributed by atoms with Gasteiger partial charge in [-0.25, -0.2) is 14.8 Å². The maximum absolute atomic E-state index is 14.6. The van der Waals surface area contributed by atoms with Crippen LogP contribution in [0.15, 0.2) is 54.7 Å². The number of esters is 1. The Morgan fingerprint density at radius 2 is 1.60 bits per heavy atom. The Labute approximate surface area is 264 Å². The summed E-state index contributed by atoms with van der Waals surface area (Å²) in [4.78, 5) is 56.0. The molecule has 3 rings (SSSR count). The number of hydrogen-bond donors (Lipinski definition) is 1. The maximum atomic E-state index is 14.6. The van der Waals surface area contributed by atoms with Gasteiger partial charge in [-0.15, -0.1) is 0 Å². The predicted molar refractivity (Wildman–Crippen MR) is 165 cm³/mol. The summed E-state index contributed by atoms with van der Waals surface area (Å²) in [5.74, 6) is -2.33. The number of carbonyl (C=O) groups is 4. The molecule has 0 aromatic heterocycles. The number of hydrogen-bond acceptors (Lipinski definition) is 9. The smallest absolute Gasteiger partial charge is 0.337 e. The van der Waals surface area contributed by atoms with E-state index in [1.165, 1.54) is 39.4 Å². The Morgan fingerprint density at radius 1 is 0.956 bits per heavy atom.